The molecule has 1 aromatic rings. The third-order valence-electron chi connectivity index (χ3n) is 3.76. The molecule has 140 valence electrons. The first-order valence-corrected chi connectivity index (χ1v) is 10.8. The fraction of sp³-hybridized carbons (Fsp3) is 0.308. The summed E-state index contributed by atoms with van der Waals surface area (Å²) in [6.07, 6.45) is 0. The monoisotopic (exact) mass is 438 g/mol. The van der Waals surface area contributed by atoms with E-state index in [0.29, 0.717) is 0 Å². The molecule has 0 radical (unpaired) electrons. The van der Waals surface area contributed by atoms with Gasteiger partial charge in [0.2, 0.25) is 5.91 Å². The highest BCUT2D eigenvalue weighted by Gasteiger charge is 2.55. The van der Waals surface area contributed by atoms with Gasteiger partial charge in [0.1, 0.15) is 17.1 Å². The van der Waals surface area contributed by atoms with Crippen LogP contribution in [0.5, 0.6) is 0 Å². The Morgan fingerprint density at radius 2 is 2.12 bits per heavy atom. The molecule has 2 unspecified atom stereocenters. The Hall–Kier alpha value is -1.60. The van der Waals surface area contributed by atoms with Crippen LogP contribution in [-0.4, -0.2) is 57.9 Å². The smallest absolute Gasteiger partial charge is 0.353 e. The molecule has 3 N–H and O–H groups in total. The molecule has 0 saturated carbocycles. The fourth-order valence-corrected chi connectivity index (χ4v) is 6.16. The second kappa shape index (κ2) is 6.85. The lowest BCUT2D eigenvalue weighted by atomic mass is 10.0. The first-order chi connectivity index (χ1) is 12.1. The van der Waals surface area contributed by atoms with Crippen molar-refractivity contribution in [2.75, 3.05) is 5.75 Å². The van der Waals surface area contributed by atoms with Crippen LogP contribution in [0.2, 0.25) is 0 Å². The first kappa shape index (κ1) is 19.2. The summed E-state index contributed by atoms with van der Waals surface area (Å²) in [5, 5.41) is 10.5. The van der Waals surface area contributed by atoms with E-state index in [0.717, 1.165) is 28.0 Å². The van der Waals surface area contributed by atoms with Gasteiger partial charge >= 0.3 is 5.97 Å². The topological polar surface area (TPSA) is 141 Å². The Balaban J connectivity index is 1.81. The second-order valence-corrected chi connectivity index (χ2v) is 9.41. The summed E-state index contributed by atoms with van der Waals surface area (Å²) < 4.78 is 32.6. The Morgan fingerprint density at radius 1 is 1.42 bits per heavy atom. The van der Waals surface area contributed by atoms with E-state index < -0.39 is 44.6 Å². The lowest BCUT2D eigenvalue weighted by molar-refractivity contribution is -0.150. The zero-order chi connectivity index (χ0) is 19.2. The molecular formula is C13H11ClN2O7S3. The minimum Gasteiger partial charge on any atom is -0.477 e. The van der Waals surface area contributed by atoms with Crippen molar-refractivity contribution in [3.05, 3.63) is 33.1 Å². The van der Waals surface area contributed by atoms with Gasteiger partial charge in [-0.1, -0.05) is 17.7 Å². The molecule has 0 aliphatic carbocycles. The van der Waals surface area contributed by atoms with Gasteiger partial charge in [0.05, 0.1) is 5.03 Å². The highest BCUT2D eigenvalue weighted by atomic mass is 35.5. The van der Waals surface area contributed by atoms with Gasteiger partial charge in [-0.05, 0) is 11.4 Å². The molecular weight excluding hydrogens is 428 g/mol. The number of nitrogens with one attached hydrogen (secondary N) is 1. The zero-order valence-corrected chi connectivity index (χ0v) is 15.9. The number of aliphatic carboxylic acids is 1. The molecule has 2 aliphatic heterocycles. The van der Waals surface area contributed by atoms with Crippen molar-refractivity contribution in [3.8, 4) is 0 Å². The van der Waals surface area contributed by atoms with Crippen molar-refractivity contribution >= 4 is 62.6 Å². The van der Waals surface area contributed by atoms with Crippen molar-refractivity contribution in [1.29, 1.82) is 0 Å². The number of carboxylic acid groups (broad SMARTS) is 1. The molecule has 13 heteroatoms. The van der Waals surface area contributed by atoms with Gasteiger partial charge in [-0.15, -0.1) is 23.1 Å². The number of fused-ring (bicyclic) bond motifs is 1. The number of rotatable bonds is 5. The molecule has 3 atom stereocenters. The van der Waals surface area contributed by atoms with E-state index in [2.05, 4.69) is 5.32 Å². The number of thioether (sulfide) groups is 1. The van der Waals surface area contributed by atoms with Gasteiger partial charge in [-0.25, -0.2) is 4.79 Å². The minimum atomic E-state index is -4.75. The molecule has 2 amide bonds. The van der Waals surface area contributed by atoms with Gasteiger partial charge < -0.3 is 10.4 Å². The molecule has 0 bridgehead atoms. The van der Waals surface area contributed by atoms with Crippen molar-refractivity contribution in [2.24, 2.45) is 0 Å². The maximum atomic E-state index is 12.4. The molecule has 2 aliphatic rings. The summed E-state index contributed by atoms with van der Waals surface area (Å²) in [5.74, 6) is -3.01. The molecule has 26 heavy (non-hydrogen) atoms. The van der Waals surface area contributed by atoms with E-state index in [1.165, 1.54) is 12.1 Å². The Labute approximate surface area is 160 Å². The number of carboxylic acids is 1. The summed E-state index contributed by atoms with van der Waals surface area (Å²) in [4.78, 5) is 37.0. The van der Waals surface area contributed by atoms with Crippen LogP contribution in [0, 0.1) is 0 Å². The quantitative estimate of drug-likeness (QED) is 0.448. The van der Waals surface area contributed by atoms with Crippen molar-refractivity contribution < 1.29 is 32.5 Å². The molecule has 3 heterocycles. The summed E-state index contributed by atoms with van der Waals surface area (Å²) in [6, 6.07) is 1.78. The maximum Gasteiger partial charge on any atom is 0.353 e. The van der Waals surface area contributed by atoms with E-state index in [-0.39, 0.29) is 21.4 Å². The predicted molar refractivity (Wildman–Crippen MR) is 94.1 cm³/mol. The highest BCUT2D eigenvalue weighted by Crippen LogP contribution is 2.41. The number of nitrogens with zero attached hydrogens (tertiary/aromatic N) is 1. The largest absolute Gasteiger partial charge is 0.477 e. The average Bonchev–Trinajstić information content (AvgIpc) is 3.04. The normalized spacial score (nSPS) is 23.9. The van der Waals surface area contributed by atoms with E-state index in [1.54, 1.807) is 5.38 Å². The van der Waals surface area contributed by atoms with Gasteiger partial charge in [-0.2, -0.15) is 8.42 Å². The Kier molecular flexibility index (Phi) is 5.05. The number of amides is 2. The highest BCUT2D eigenvalue weighted by molar-refractivity contribution is 8.00. The lowest BCUT2D eigenvalue weighted by Crippen LogP contribution is -2.70. The van der Waals surface area contributed by atoms with Crippen molar-refractivity contribution in [3.63, 3.8) is 0 Å². The summed E-state index contributed by atoms with van der Waals surface area (Å²) in [5.41, 5.74) is -0.351. The van der Waals surface area contributed by atoms with Gasteiger partial charge in [0, 0.05) is 10.6 Å². The van der Waals surface area contributed by atoms with Crippen LogP contribution in [0.15, 0.2) is 28.2 Å². The van der Waals surface area contributed by atoms with E-state index in [4.69, 9.17) is 11.6 Å². The van der Waals surface area contributed by atoms with Crippen LogP contribution in [0.4, 0.5) is 0 Å². The second-order valence-electron chi connectivity index (χ2n) is 5.37. The van der Waals surface area contributed by atoms with Crippen molar-refractivity contribution in [2.45, 2.75) is 16.7 Å². The number of hydrogen-bond acceptors (Lipinski definition) is 7. The van der Waals surface area contributed by atoms with Gasteiger partial charge in [0.15, 0.2) is 5.25 Å². The molecule has 1 fully saturated rings. The number of hydrogen-bond donors (Lipinski definition) is 3. The van der Waals surface area contributed by atoms with E-state index >= 15 is 0 Å². The number of halogens is 1. The zero-order valence-electron chi connectivity index (χ0n) is 12.7. The number of carbonyl (C=O) groups excluding carboxylic acids is 2. The SMILES string of the molecule is O=C(O)C1=C(Cl)CS[C@H]2C(NC(=O)C(c3cccs3)S(=O)(=O)O)C(=O)N12. The van der Waals surface area contributed by atoms with Gasteiger partial charge in [-0.3, -0.25) is 19.0 Å². The molecule has 0 aromatic carbocycles. The van der Waals surface area contributed by atoms with E-state index in [1.807, 2.05) is 0 Å². The van der Waals surface area contributed by atoms with Crippen LogP contribution in [0.3, 0.4) is 0 Å². The first-order valence-electron chi connectivity index (χ1n) is 6.99. The van der Waals surface area contributed by atoms with Crippen molar-refractivity contribution in [1.82, 2.24) is 10.2 Å². The number of β-lactam (4-membered cyclic amide) rings is 1. The predicted octanol–water partition coefficient (Wildman–Crippen LogP) is 0.612. The molecule has 1 aromatic heterocycles. The molecule has 0 spiro atoms. The Bertz CT molecular complexity index is 912. The minimum absolute atomic E-state index is 0.00581. The van der Waals surface area contributed by atoms with Crippen LogP contribution < -0.4 is 5.32 Å². The van der Waals surface area contributed by atoms with Crippen LogP contribution >= 0.6 is 34.7 Å². The molecule has 3 rings (SSSR count). The molecule has 1 saturated heterocycles. The summed E-state index contributed by atoms with van der Waals surface area (Å²) in [7, 11) is -4.75. The summed E-state index contributed by atoms with van der Waals surface area (Å²) in [6.45, 7) is 0. The third kappa shape index (κ3) is 3.22. The van der Waals surface area contributed by atoms with Crippen LogP contribution in [-0.2, 0) is 24.5 Å². The number of carbonyl (C=O) groups is 3. The van der Waals surface area contributed by atoms with E-state index in [9.17, 15) is 32.5 Å². The standard InChI is InChI=1S/C13H11ClN2O7S3/c14-5-4-25-12-7(11(18)16(12)8(5)13(19)20)15-10(17)9(26(21,22)23)6-2-1-3-24-6/h1-3,7,9,12H,4H2,(H,15,17)(H,19,20)(H,21,22,23)/t7?,9?,12-/m0/s1. The number of thiophene rings is 1. The van der Waals surface area contributed by atoms with Crippen LogP contribution in [0.25, 0.3) is 0 Å². The average molecular weight is 439 g/mol. The van der Waals surface area contributed by atoms with Gasteiger partial charge in [0.25, 0.3) is 16.0 Å². The summed E-state index contributed by atoms with van der Waals surface area (Å²) >= 11 is 7.96. The lowest BCUT2D eigenvalue weighted by Gasteiger charge is -2.48. The Morgan fingerprint density at radius 3 is 2.65 bits per heavy atom. The van der Waals surface area contributed by atoms with Crippen LogP contribution in [0.1, 0.15) is 10.1 Å². The maximum absolute atomic E-state index is 12.4. The molecule has 9 nitrogen and oxygen atoms in total. The fourth-order valence-electron chi connectivity index (χ4n) is 2.66. The third-order valence-corrected chi connectivity index (χ3v) is 7.66.